The van der Waals surface area contributed by atoms with Crippen molar-refractivity contribution in [3.63, 3.8) is 0 Å². The summed E-state index contributed by atoms with van der Waals surface area (Å²) in [5.41, 5.74) is 3.45. The van der Waals surface area contributed by atoms with Gasteiger partial charge in [-0.3, -0.25) is 9.59 Å². The van der Waals surface area contributed by atoms with Crippen molar-refractivity contribution >= 4 is 39.5 Å². The largest absolute Gasteiger partial charge is 0.326 e. The molecule has 4 rings (SSSR count). The first-order chi connectivity index (χ1) is 14.5. The third-order valence-corrected chi connectivity index (χ3v) is 6.21. The number of hydrogen-bond acceptors (Lipinski definition) is 4. The maximum absolute atomic E-state index is 12.5. The van der Waals surface area contributed by atoms with Crippen LogP contribution < -0.4 is 5.32 Å². The van der Waals surface area contributed by atoms with Crippen LogP contribution >= 0.6 is 11.3 Å². The van der Waals surface area contributed by atoms with Crippen molar-refractivity contribution in [2.24, 2.45) is 0 Å². The van der Waals surface area contributed by atoms with E-state index in [1.807, 2.05) is 13.0 Å². The predicted octanol–water partition coefficient (Wildman–Crippen LogP) is 5.58. The fourth-order valence-electron chi connectivity index (χ4n) is 3.48. The summed E-state index contributed by atoms with van der Waals surface area (Å²) in [5, 5.41) is 6.37. The molecular formula is C25H22N2O2S. The number of carbonyl (C=O) groups excluding carboxylic acids is 2. The molecule has 0 fully saturated rings. The number of amides is 1. The van der Waals surface area contributed by atoms with Gasteiger partial charge in [0.15, 0.2) is 5.78 Å². The molecule has 0 unspecified atom stereocenters. The van der Waals surface area contributed by atoms with Gasteiger partial charge < -0.3 is 5.32 Å². The second-order valence-electron chi connectivity index (χ2n) is 7.29. The van der Waals surface area contributed by atoms with Gasteiger partial charge in [0, 0.05) is 22.5 Å². The fourth-order valence-corrected chi connectivity index (χ4v) is 4.57. The van der Waals surface area contributed by atoms with Crippen LogP contribution in [0.2, 0.25) is 0 Å². The molecule has 0 bridgehead atoms. The van der Waals surface area contributed by atoms with Crippen molar-refractivity contribution in [2.75, 3.05) is 5.32 Å². The van der Waals surface area contributed by atoms with Crippen LogP contribution in [0.3, 0.4) is 0 Å². The summed E-state index contributed by atoms with van der Waals surface area (Å²) >= 11 is 1.59. The minimum Gasteiger partial charge on any atom is -0.326 e. The molecule has 1 amide bonds. The molecule has 0 aliphatic carbocycles. The molecule has 5 heteroatoms. The minimum absolute atomic E-state index is 0.00638. The highest BCUT2D eigenvalue weighted by atomic mass is 32.1. The lowest BCUT2D eigenvalue weighted by atomic mass is 10.0. The molecule has 3 aromatic carbocycles. The van der Waals surface area contributed by atoms with Crippen LogP contribution in [0, 0.1) is 6.92 Å². The average molecular weight is 415 g/mol. The lowest BCUT2D eigenvalue weighted by molar-refractivity contribution is -0.115. The van der Waals surface area contributed by atoms with Crippen molar-refractivity contribution < 1.29 is 9.59 Å². The van der Waals surface area contributed by atoms with Gasteiger partial charge in [-0.05, 0) is 54.4 Å². The van der Waals surface area contributed by atoms with E-state index in [-0.39, 0.29) is 18.1 Å². The molecule has 0 radical (unpaired) electrons. The minimum atomic E-state index is -0.0889. The maximum Gasteiger partial charge on any atom is 0.229 e. The molecule has 1 N–H and O–H groups in total. The molecule has 150 valence electrons. The number of ketones is 1. The zero-order valence-corrected chi connectivity index (χ0v) is 17.8. The normalized spacial score (nSPS) is 10.9. The van der Waals surface area contributed by atoms with Crippen LogP contribution in [0.15, 0.2) is 66.7 Å². The number of thiazole rings is 1. The van der Waals surface area contributed by atoms with Crippen molar-refractivity contribution in [1.29, 1.82) is 0 Å². The summed E-state index contributed by atoms with van der Waals surface area (Å²) in [6.45, 7) is 3.48. The van der Waals surface area contributed by atoms with E-state index in [0.717, 1.165) is 22.0 Å². The highest BCUT2D eigenvalue weighted by molar-refractivity contribution is 7.11. The van der Waals surface area contributed by atoms with Crippen molar-refractivity contribution in [1.82, 2.24) is 4.98 Å². The van der Waals surface area contributed by atoms with Gasteiger partial charge in [-0.1, -0.05) is 42.5 Å². The van der Waals surface area contributed by atoms with E-state index < -0.39 is 0 Å². The first-order valence-electron chi connectivity index (χ1n) is 9.82. The van der Waals surface area contributed by atoms with Crippen LogP contribution in [0.4, 0.5) is 5.69 Å². The highest BCUT2D eigenvalue weighted by Gasteiger charge is 2.13. The van der Waals surface area contributed by atoms with Gasteiger partial charge in [0.05, 0.1) is 17.1 Å². The van der Waals surface area contributed by atoms with Crippen LogP contribution in [0.1, 0.15) is 38.4 Å². The molecular weight excluding hydrogens is 392 g/mol. The third kappa shape index (κ3) is 4.47. The number of anilines is 1. The lowest BCUT2D eigenvalue weighted by Crippen LogP contribution is -2.14. The number of carbonyl (C=O) groups is 2. The zero-order chi connectivity index (χ0) is 21.1. The number of nitrogens with one attached hydrogen (secondary N) is 1. The molecule has 0 saturated heterocycles. The number of aryl methyl sites for hydroxylation is 1. The monoisotopic (exact) mass is 414 g/mol. The molecule has 0 spiro atoms. The van der Waals surface area contributed by atoms with E-state index in [0.29, 0.717) is 11.3 Å². The summed E-state index contributed by atoms with van der Waals surface area (Å²) in [6.07, 6.45) is 1.04. The van der Waals surface area contributed by atoms with Gasteiger partial charge in [0.1, 0.15) is 0 Å². The van der Waals surface area contributed by atoms with Crippen molar-refractivity contribution in [3.05, 3.63) is 93.4 Å². The Kier molecular flexibility index (Phi) is 5.72. The average Bonchev–Trinajstić information content (AvgIpc) is 3.07. The Balaban J connectivity index is 1.46. The van der Waals surface area contributed by atoms with Crippen molar-refractivity contribution in [2.45, 2.75) is 26.7 Å². The smallest absolute Gasteiger partial charge is 0.229 e. The summed E-state index contributed by atoms with van der Waals surface area (Å²) in [4.78, 5) is 29.5. The molecule has 1 heterocycles. The maximum atomic E-state index is 12.5. The first kappa shape index (κ1) is 20.0. The SMILES string of the molecule is CC(=O)c1ccc(NC(=O)Cc2sc(Cc3cccc4ccccc34)nc2C)cc1. The number of rotatable bonds is 6. The van der Waals surface area contributed by atoms with Gasteiger partial charge in [0.2, 0.25) is 5.91 Å². The third-order valence-electron chi connectivity index (χ3n) is 5.05. The Morgan fingerprint density at radius 2 is 1.70 bits per heavy atom. The second-order valence-corrected chi connectivity index (χ2v) is 8.46. The Morgan fingerprint density at radius 3 is 2.47 bits per heavy atom. The van der Waals surface area contributed by atoms with E-state index in [1.165, 1.54) is 23.3 Å². The number of benzene rings is 3. The predicted molar refractivity (Wildman–Crippen MR) is 122 cm³/mol. The number of fused-ring (bicyclic) bond motifs is 1. The second kappa shape index (κ2) is 8.59. The quantitative estimate of drug-likeness (QED) is 0.419. The Labute approximate surface area is 179 Å². The highest BCUT2D eigenvalue weighted by Crippen LogP contribution is 2.25. The van der Waals surface area contributed by atoms with E-state index in [4.69, 9.17) is 4.98 Å². The van der Waals surface area contributed by atoms with E-state index in [9.17, 15) is 9.59 Å². The first-order valence-corrected chi connectivity index (χ1v) is 10.6. The molecule has 0 saturated carbocycles. The lowest BCUT2D eigenvalue weighted by Gasteiger charge is -2.05. The molecule has 0 aliphatic rings. The number of Topliss-reactive ketones (excluding diaryl/α,β-unsaturated/α-hetero) is 1. The van der Waals surface area contributed by atoms with Crippen LogP contribution in [0.5, 0.6) is 0 Å². The Bertz CT molecular complexity index is 1220. The standard InChI is InChI=1S/C25H22N2O2S/c1-16-23(15-24(29)27-21-12-10-18(11-13-21)17(2)28)30-25(26-16)14-20-8-5-7-19-6-3-4-9-22(19)20/h3-13H,14-15H2,1-2H3,(H,27,29). The zero-order valence-electron chi connectivity index (χ0n) is 16.9. The van der Waals surface area contributed by atoms with Crippen LogP contribution in [-0.4, -0.2) is 16.7 Å². The fraction of sp³-hybridized carbons (Fsp3) is 0.160. The molecule has 0 atom stereocenters. The van der Waals surface area contributed by atoms with Gasteiger partial charge in [0.25, 0.3) is 0 Å². The van der Waals surface area contributed by atoms with Gasteiger partial charge in [-0.25, -0.2) is 4.98 Å². The number of hydrogen-bond donors (Lipinski definition) is 1. The van der Waals surface area contributed by atoms with Crippen molar-refractivity contribution in [3.8, 4) is 0 Å². The van der Waals surface area contributed by atoms with Gasteiger partial charge in [-0.2, -0.15) is 0 Å². The number of aromatic nitrogens is 1. The summed E-state index contributed by atoms with van der Waals surface area (Å²) in [7, 11) is 0. The molecule has 4 aromatic rings. The molecule has 30 heavy (non-hydrogen) atoms. The number of nitrogens with zero attached hydrogens (tertiary/aromatic N) is 1. The van der Waals surface area contributed by atoms with Crippen LogP contribution in [-0.2, 0) is 17.6 Å². The Hall–Kier alpha value is -3.31. The molecule has 4 nitrogen and oxygen atoms in total. The molecule has 1 aromatic heterocycles. The van der Waals surface area contributed by atoms with Crippen LogP contribution in [0.25, 0.3) is 10.8 Å². The molecule has 0 aliphatic heterocycles. The van der Waals surface area contributed by atoms with E-state index in [1.54, 1.807) is 35.6 Å². The topological polar surface area (TPSA) is 59.1 Å². The van der Waals surface area contributed by atoms with E-state index in [2.05, 4.69) is 41.7 Å². The van der Waals surface area contributed by atoms with Gasteiger partial charge >= 0.3 is 0 Å². The summed E-state index contributed by atoms with van der Waals surface area (Å²) < 4.78 is 0. The Morgan fingerprint density at radius 1 is 0.967 bits per heavy atom. The van der Waals surface area contributed by atoms with E-state index >= 15 is 0 Å². The van der Waals surface area contributed by atoms with Gasteiger partial charge in [-0.15, -0.1) is 11.3 Å². The summed E-state index contributed by atoms with van der Waals surface area (Å²) in [6, 6.07) is 21.6. The summed E-state index contributed by atoms with van der Waals surface area (Å²) in [5.74, 6) is -0.0825.